The number of benzene rings is 2. The van der Waals surface area contributed by atoms with E-state index < -0.39 is 5.91 Å². The van der Waals surface area contributed by atoms with Crippen molar-refractivity contribution in [1.29, 1.82) is 0 Å². The highest BCUT2D eigenvalue weighted by Gasteiger charge is 2.22. The number of carbonyl (C=O) groups is 1. The van der Waals surface area contributed by atoms with Gasteiger partial charge in [-0.2, -0.15) is 5.10 Å². The Hall–Kier alpha value is -2.98. The molecule has 2 heterocycles. The van der Waals surface area contributed by atoms with Crippen LogP contribution in [0.15, 0.2) is 68.2 Å². The lowest BCUT2D eigenvalue weighted by Crippen LogP contribution is -2.16. The van der Waals surface area contributed by atoms with Crippen LogP contribution in [0.2, 0.25) is 0 Å². The van der Waals surface area contributed by atoms with Crippen LogP contribution in [-0.2, 0) is 13.2 Å². The minimum absolute atomic E-state index is 0.0445. The second-order valence-corrected chi connectivity index (χ2v) is 8.68. The predicted molar refractivity (Wildman–Crippen MR) is 123 cm³/mol. The van der Waals surface area contributed by atoms with Crippen molar-refractivity contribution >= 4 is 43.6 Å². The number of aryl methyl sites for hydroxylation is 1. The SMILES string of the molecule is Cc1onc(C(=O)Nc2nn(Cc3ccc(Br)cc3)cc2Br)c1COc1ccc(F)cc1. The van der Waals surface area contributed by atoms with E-state index in [1.807, 2.05) is 24.3 Å². The summed E-state index contributed by atoms with van der Waals surface area (Å²) in [7, 11) is 0. The van der Waals surface area contributed by atoms with Crippen LogP contribution >= 0.6 is 31.9 Å². The summed E-state index contributed by atoms with van der Waals surface area (Å²) in [4.78, 5) is 12.8. The van der Waals surface area contributed by atoms with E-state index in [2.05, 4.69) is 47.4 Å². The number of carbonyl (C=O) groups excluding carboxylic acids is 1. The normalized spacial score (nSPS) is 10.9. The molecule has 0 radical (unpaired) electrons. The van der Waals surface area contributed by atoms with Crippen LogP contribution in [0.4, 0.5) is 10.2 Å². The predicted octanol–water partition coefficient (Wildman–Crippen LogP) is 5.72. The molecule has 7 nitrogen and oxygen atoms in total. The number of hydrogen-bond acceptors (Lipinski definition) is 5. The van der Waals surface area contributed by atoms with Gasteiger partial charge in [-0.3, -0.25) is 9.48 Å². The van der Waals surface area contributed by atoms with Crippen LogP contribution < -0.4 is 10.1 Å². The Balaban J connectivity index is 1.45. The van der Waals surface area contributed by atoms with Crippen molar-refractivity contribution in [2.75, 3.05) is 5.32 Å². The maximum atomic E-state index is 13.1. The van der Waals surface area contributed by atoms with Crippen molar-refractivity contribution in [2.45, 2.75) is 20.1 Å². The van der Waals surface area contributed by atoms with Crippen molar-refractivity contribution in [1.82, 2.24) is 14.9 Å². The van der Waals surface area contributed by atoms with Gasteiger partial charge in [0.25, 0.3) is 5.91 Å². The number of anilines is 1. The minimum atomic E-state index is -0.478. The van der Waals surface area contributed by atoms with E-state index in [4.69, 9.17) is 9.26 Å². The van der Waals surface area contributed by atoms with E-state index in [0.29, 0.717) is 33.9 Å². The van der Waals surface area contributed by atoms with Crippen LogP contribution in [0.3, 0.4) is 0 Å². The first-order valence-corrected chi connectivity index (χ1v) is 11.1. The average Bonchev–Trinajstić information content (AvgIpc) is 3.31. The molecule has 0 aliphatic rings. The second-order valence-electron chi connectivity index (χ2n) is 6.91. The van der Waals surface area contributed by atoms with E-state index in [1.54, 1.807) is 17.8 Å². The van der Waals surface area contributed by atoms with Gasteiger partial charge in [0.05, 0.1) is 16.6 Å². The highest BCUT2D eigenvalue weighted by Crippen LogP contribution is 2.24. The molecule has 0 spiro atoms. The second kappa shape index (κ2) is 9.66. The third-order valence-corrected chi connectivity index (χ3v) is 5.71. The van der Waals surface area contributed by atoms with Crippen LogP contribution in [-0.4, -0.2) is 20.8 Å². The van der Waals surface area contributed by atoms with Gasteiger partial charge in [0.2, 0.25) is 0 Å². The van der Waals surface area contributed by atoms with Crippen molar-refractivity contribution in [3.63, 3.8) is 0 Å². The topological polar surface area (TPSA) is 82.2 Å². The lowest BCUT2D eigenvalue weighted by atomic mass is 10.2. The number of nitrogens with zero attached hydrogens (tertiary/aromatic N) is 3. The molecule has 10 heteroatoms. The van der Waals surface area contributed by atoms with Crippen LogP contribution in [0.1, 0.15) is 27.4 Å². The lowest BCUT2D eigenvalue weighted by molar-refractivity contribution is 0.101. The fourth-order valence-corrected chi connectivity index (χ4v) is 3.61. The summed E-state index contributed by atoms with van der Waals surface area (Å²) in [5.74, 6) is 0.445. The first-order chi connectivity index (χ1) is 15.4. The molecule has 0 bridgehead atoms. The van der Waals surface area contributed by atoms with Crippen molar-refractivity contribution in [2.24, 2.45) is 0 Å². The number of hydrogen-bond donors (Lipinski definition) is 1. The summed E-state index contributed by atoms with van der Waals surface area (Å²) in [5.41, 5.74) is 1.66. The maximum absolute atomic E-state index is 13.1. The Morgan fingerprint density at radius 2 is 1.88 bits per heavy atom. The molecule has 0 fully saturated rings. The van der Waals surface area contributed by atoms with Gasteiger partial charge in [0, 0.05) is 10.7 Å². The van der Waals surface area contributed by atoms with Gasteiger partial charge in [-0.1, -0.05) is 33.2 Å². The molecule has 4 aromatic rings. The van der Waals surface area contributed by atoms with E-state index in [0.717, 1.165) is 10.0 Å². The van der Waals surface area contributed by atoms with E-state index in [-0.39, 0.29) is 18.1 Å². The largest absolute Gasteiger partial charge is 0.489 e. The molecule has 0 atom stereocenters. The van der Waals surface area contributed by atoms with Crippen LogP contribution in [0, 0.1) is 12.7 Å². The number of rotatable bonds is 7. The molecule has 4 rings (SSSR count). The summed E-state index contributed by atoms with van der Waals surface area (Å²) in [5, 5.41) is 11.0. The molecule has 0 aliphatic carbocycles. The molecule has 0 aliphatic heterocycles. The fraction of sp³-hybridized carbons (Fsp3) is 0.136. The lowest BCUT2D eigenvalue weighted by Gasteiger charge is -2.07. The number of nitrogens with one attached hydrogen (secondary N) is 1. The highest BCUT2D eigenvalue weighted by atomic mass is 79.9. The van der Waals surface area contributed by atoms with Gasteiger partial charge >= 0.3 is 0 Å². The third-order valence-electron chi connectivity index (χ3n) is 4.60. The van der Waals surface area contributed by atoms with E-state index in [9.17, 15) is 9.18 Å². The first-order valence-electron chi connectivity index (χ1n) is 9.51. The van der Waals surface area contributed by atoms with Gasteiger partial charge in [-0.05, 0) is 64.8 Å². The van der Waals surface area contributed by atoms with Crippen molar-refractivity contribution < 1.29 is 18.4 Å². The summed E-state index contributed by atoms with van der Waals surface area (Å²) in [6.45, 7) is 2.28. The Labute approximate surface area is 199 Å². The van der Waals surface area contributed by atoms with Gasteiger partial charge in [-0.15, -0.1) is 0 Å². The Morgan fingerprint density at radius 3 is 2.59 bits per heavy atom. The van der Waals surface area contributed by atoms with Crippen molar-refractivity contribution in [3.05, 3.63) is 92.1 Å². The zero-order chi connectivity index (χ0) is 22.7. The van der Waals surface area contributed by atoms with Crippen molar-refractivity contribution in [3.8, 4) is 5.75 Å². The third kappa shape index (κ3) is 5.25. The molecular weight excluding hydrogens is 547 g/mol. The Bertz CT molecular complexity index is 1240. The zero-order valence-corrected chi connectivity index (χ0v) is 20.0. The van der Waals surface area contributed by atoms with E-state index >= 15 is 0 Å². The van der Waals surface area contributed by atoms with E-state index in [1.165, 1.54) is 24.3 Å². The number of halogens is 3. The molecular formula is C22H17Br2FN4O3. The van der Waals surface area contributed by atoms with Gasteiger partial charge in [0.1, 0.15) is 23.9 Å². The summed E-state index contributed by atoms with van der Waals surface area (Å²) < 4.78 is 27.3. The molecule has 0 saturated heterocycles. The first kappa shape index (κ1) is 22.2. The molecule has 2 aromatic carbocycles. The average molecular weight is 564 g/mol. The van der Waals surface area contributed by atoms with Gasteiger partial charge in [0.15, 0.2) is 11.5 Å². The summed E-state index contributed by atoms with van der Waals surface area (Å²) in [6, 6.07) is 13.5. The monoisotopic (exact) mass is 562 g/mol. The standard InChI is InChI=1S/C22H17Br2FN4O3/c1-13-18(12-31-17-8-6-16(25)7-9-17)20(28-32-13)22(30)26-21-19(24)11-29(27-21)10-14-2-4-15(23)5-3-14/h2-9,11H,10,12H2,1H3,(H,26,27,30). The summed E-state index contributed by atoms with van der Waals surface area (Å²) >= 11 is 6.84. The molecule has 1 N–H and O–H groups in total. The Morgan fingerprint density at radius 1 is 1.16 bits per heavy atom. The molecule has 2 aromatic heterocycles. The fourth-order valence-electron chi connectivity index (χ4n) is 2.93. The van der Waals surface area contributed by atoms with Gasteiger partial charge < -0.3 is 14.6 Å². The van der Waals surface area contributed by atoms with Crippen LogP contribution in [0.25, 0.3) is 0 Å². The van der Waals surface area contributed by atoms with Gasteiger partial charge in [-0.25, -0.2) is 4.39 Å². The number of ether oxygens (including phenoxy) is 1. The molecule has 0 unspecified atom stereocenters. The minimum Gasteiger partial charge on any atom is -0.489 e. The zero-order valence-electron chi connectivity index (χ0n) is 16.8. The summed E-state index contributed by atoms with van der Waals surface area (Å²) in [6.07, 6.45) is 1.78. The molecule has 164 valence electrons. The smallest absolute Gasteiger partial charge is 0.279 e. The number of amides is 1. The quantitative estimate of drug-likeness (QED) is 0.311. The highest BCUT2D eigenvalue weighted by molar-refractivity contribution is 9.10. The molecule has 32 heavy (non-hydrogen) atoms. The Kier molecular flexibility index (Phi) is 6.71. The maximum Gasteiger partial charge on any atom is 0.279 e. The van der Waals surface area contributed by atoms with Crippen LogP contribution in [0.5, 0.6) is 5.75 Å². The molecule has 1 amide bonds. The molecule has 0 saturated carbocycles. The number of aromatic nitrogens is 3.